The van der Waals surface area contributed by atoms with E-state index >= 15 is 0 Å². The third-order valence-electron chi connectivity index (χ3n) is 4.19. The topological polar surface area (TPSA) is 41.5 Å². The molecule has 0 aliphatic carbocycles. The molecule has 0 radical (unpaired) electrons. The van der Waals surface area contributed by atoms with Crippen molar-refractivity contribution in [3.05, 3.63) is 70.2 Å². The highest BCUT2D eigenvalue weighted by Gasteiger charge is 2.26. The summed E-state index contributed by atoms with van der Waals surface area (Å²) in [5, 5.41) is 3.80. The van der Waals surface area contributed by atoms with E-state index in [2.05, 4.69) is 10.3 Å². The summed E-state index contributed by atoms with van der Waals surface area (Å²) in [6, 6.07) is 15.5. The van der Waals surface area contributed by atoms with Gasteiger partial charge in [-0.15, -0.1) is 0 Å². The highest BCUT2D eigenvalue weighted by atomic mass is 35.5. The molecule has 4 heteroatoms. The van der Waals surface area contributed by atoms with Crippen molar-refractivity contribution in [1.82, 2.24) is 5.32 Å². The number of fused-ring (bicyclic) bond motifs is 1. The molecule has 1 heterocycles. The van der Waals surface area contributed by atoms with Gasteiger partial charge in [-0.3, -0.25) is 9.79 Å². The van der Waals surface area contributed by atoms with Crippen LogP contribution in [-0.4, -0.2) is 12.1 Å². The summed E-state index contributed by atoms with van der Waals surface area (Å²) in [7, 11) is 0. The van der Waals surface area contributed by atoms with Gasteiger partial charge >= 0.3 is 0 Å². The Kier molecular flexibility index (Phi) is 4.77. The van der Waals surface area contributed by atoms with Crippen molar-refractivity contribution in [2.24, 2.45) is 4.99 Å². The first kappa shape index (κ1) is 15.8. The quantitative estimate of drug-likeness (QED) is 0.895. The van der Waals surface area contributed by atoms with E-state index in [4.69, 9.17) is 11.6 Å². The Balaban J connectivity index is 1.82. The molecule has 1 amide bonds. The zero-order valence-corrected chi connectivity index (χ0v) is 13.8. The first-order chi connectivity index (χ1) is 11.2. The van der Waals surface area contributed by atoms with Crippen LogP contribution in [0.25, 0.3) is 0 Å². The normalized spacial score (nSPS) is 17.4. The first-order valence-corrected chi connectivity index (χ1v) is 8.21. The van der Waals surface area contributed by atoms with Crippen molar-refractivity contribution >= 4 is 23.7 Å². The van der Waals surface area contributed by atoms with Gasteiger partial charge in [0.2, 0.25) is 5.91 Å². The number of nitrogens with zero attached hydrogens (tertiary/aromatic N) is 1. The van der Waals surface area contributed by atoms with Gasteiger partial charge in [-0.25, -0.2) is 0 Å². The van der Waals surface area contributed by atoms with Crippen LogP contribution in [0.4, 0.5) is 0 Å². The second-order valence-corrected chi connectivity index (χ2v) is 6.06. The number of carbonyl (C=O) groups is 1. The van der Waals surface area contributed by atoms with Crippen LogP contribution in [0.15, 0.2) is 53.5 Å². The summed E-state index contributed by atoms with van der Waals surface area (Å²) in [6.45, 7) is 2.68. The molecule has 2 aromatic carbocycles. The number of hydrogen-bond acceptors (Lipinski definition) is 2. The lowest BCUT2D eigenvalue weighted by Gasteiger charge is -2.24. The average molecular weight is 327 g/mol. The zero-order valence-electron chi connectivity index (χ0n) is 13.0. The van der Waals surface area contributed by atoms with Crippen LogP contribution in [0.3, 0.4) is 0 Å². The average Bonchev–Trinajstić information content (AvgIpc) is 2.59. The van der Waals surface area contributed by atoms with Crippen molar-refractivity contribution < 1.29 is 4.79 Å². The van der Waals surface area contributed by atoms with Crippen LogP contribution in [-0.2, 0) is 11.3 Å². The lowest BCUT2D eigenvalue weighted by molar-refractivity contribution is -0.121. The molecule has 3 nitrogen and oxygen atoms in total. The van der Waals surface area contributed by atoms with E-state index in [1.54, 1.807) is 6.21 Å². The van der Waals surface area contributed by atoms with E-state index in [1.807, 2.05) is 55.5 Å². The first-order valence-electron chi connectivity index (χ1n) is 7.83. The lowest BCUT2D eigenvalue weighted by Crippen LogP contribution is -2.34. The maximum atomic E-state index is 12.8. The van der Waals surface area contributed by atoms with Gasteiger partial charge in [-0.05, 0) is 29.2 Å². The summed E-state index contributed by atoms with van der Waals surface area (Å²) >= 11 is 6.27. The van der Waals surface area contributed by atoms with Gasteiger partial charge in [0.25, 0.3) is 0 Å². The maximum Gasteiger partial charge on any atom is 0.233 e. The van der Waals surface area contributed by atoms with Gasteiger partial charge in [-0.1, -0.05) is 61.0 Å². The Morgan fingerprint density at radius 3 is 2.78 bits per heavy atom. The fourth-order valence-electron chi connectivity index (χ4n) is 2.95. The van der Waals surface area contributed by atoms with Crippen molar-refractivity contribution in [1.29, 1.82) is 0 Å². The number of aliphatic imine (C=N–C) groups is 1. The molecule has 0 spiro atoms. The zero-order chi connectivity index (χ0) is 16.2. The van der Waals surface area contributed by atoms with Gasteiger partial charge in [0.1, 0.15) is 0 Å². The fourth-order valence-corrected chi connectivity index (χ4v) is 3.21. The van der Waals surface area contributed by atoms with Crippen molar-refractivity contribution in [2.75, 3.05) is 0 Å². The molecule has 0 saturated heterocycles. The number of carbonyl (C=O) groups excluding carboxylic acids is 1. The number of nitrogens with one attached hydrogen (secondary N) is 1. The molecule has 0 saturated carbocycles. The summed E-state index contributed by atoms with van der Waals surface area (Å²) in [5.74, 6) is -0.371. The summed E-state index contributed by atoms with van der Waals surface area (Å²) < 4.78 is 0. The van der Waals surface area contributed by atoms with Crippen LogP contribution in [0.1, 0.15) is 42.0 Å². The standard InChI is InChI=1S/C19H19ClN2O/c1-2-18(15-9-5-6-10-17(15)20)22-19(23)16-12-21-11-13-7-3-4-8-14(13)16/h3-10,12,16,18H,2,11H2,1H3,(H,22,23)/t16?,18-/m0/s1. The molecule has 1 aliphatic heterocycles. The smallest absolute Gasteiger partial charge is 0.233 e. The van der Waals surface area contributed by atoms with Crippen LogP contribution in [0.5, 0.6) is 0 Å². The van der Waals surface area contributed by atoms with E-state index in [0.29, 0.717) is 11.6 Å². The Morgan fingerprint density at radius 1 is 1.26 bits per heavy atom. The van der Waals surface area contributed by atoms with E-state index in [1.165, 1.54) is 0 Å². The molecule has 0 fully saturated rings. The van der Waals surface area contributed by atoms with Gasteiger partial charge in [0.15, 0.2) is 0 Å². The van der Waals surface area contributed by atoms with Gasteiger partial charge in [-0.2, -0.15) is 0 Å². The number of amides is 1. The number of halogens is 1. The molecule has 2 aromatic rings. The fraction of sp³-hybridized carbons (Fsp3) is 0.263. The minimum Gasteiger partial charge on any atom is -0.348 e. The van der Waals surface area contributed by atoms with Gasteiger partial charge in [0, 0.05) is 11.2 Å². The van der Waals surface area contributed by atoms with E-state index in [-0.39, 0.29) is 17.9 Å². The molecule has 0 aromatic heterocycles. The Labute approximate surface area is 141 Å². The van der Waals surface area contributed by atoms with Gasteiger partial charge < -0.3 is 5.32 Å². The molecular weight excluding hydrogens is 308 g/mol. The molecule has 1 N–H and O–H groups in total. The second-order valence-electron chi connectivity index (χ2n) is 5.66. The molecule has 1 unspecified atom stereocenters. The maximum absolute atomic E-state index is 12.8. The third kappa shape index (κ3) is 3.30. The van der Waals surface area contributed by atoms with Crippen LogP contribution < -0.4 is 5.32 Å². The Bertz CT molecular complexity index is 742. The summed E-state index contributed by atoms with van der Waals surface area (Å²) in [4.78, 5) is 17.1. The molecule has 23 heavy (non-hydrogen) atoms. The number of hydrogen-bond donors (Lipinski definition) is 1. The van der Waals surface area contributed by atoms with Crippen molar-refractivity contribution in [3.63, 3.8) is 0 Å². The molecule has 3 rings (SSSR count). The predicted molar refractivity (Wildman–Crippen MR) is 94.0 cm³/mol. The minimum absolute atomic E-state index is 0.0346. The number of benzene rings is 2. The second kappa shape index (κ2) is 6.97. The van der Waals surface area contributed by atoms with Crippen LogP contribution in [0.2, 0.25) is 5.02 Å². The highest BCUT2D eigenvalue weighted by molar-refractivity contribution is 6.31. The third-order valence-corrected chi connectivity index (χ3v) is 4.54. The molecular formula is C19H19ClN2O. The molecule has 2 atom stereocenters. The minimum atomic E-state index is -0.337. The van der Waals surface area contributed by atoms with Gasteiger partial charge in [0.05, 0.1) is 18.5 Å². The largest absolute Gasteiger partial charge is 0.348 e. The van der Waals surface area contributed by atoms with Crippen molar-refractivity contribution in [3.8, 4) is 0 Å². The van der Waals surface area contributed by atoms with Crippen molar-refractivity contribution in [2.45, 2.75) is 31.8 Å². The molecule has 118 valence electrons. The lowest BCUT2D eigenvalue weighted by atomic mass is 9.91. The highest BCUT2D eigenvalue weighted by Crippen LogP contribution is 2.28. The predicted octanol–water partition coefficient (Wildman–Crippen LogP) is 4.28. The Morgan fingerprint density at radius 2 is 2.00 bits per heavy atom. The Hall–Kier alpha value is -2.13. The summed E-state index contributed by atoms with van der Waals surface area (Å²) in [5.41, 5.74) is 3.10. The molecule has 0 bridgehead atoms. The molecule has 1 aliphatic rings. The monoisotopic (exact) mass is 326 g/mol. The summed E-state index contributed by atoms with van der Waals surface area (Å²) in [6.07, 6.45) is 2.53. The SMILES string of the molecule is CC[C@H](NC(=O)C1C=NCc2ccccc21)c1ccccc1Cl. The van der Waals surface area contributed by atoms with E-state index in [9.17, 15) is 4.79 Å². The van der Waals surface area contributed by atoms with E-state index < -0.39 is 0 Å². The van der Waals surface area contributed by atoms with E-state index in [0.717, 1.165) is 23.1 Å². The number of rotatable bonds is 4. The van der Waals surface area contributed by atoms with Crippen LogP contribution in [0, 0.1) is 0 Å². The van der Waals surface area contributed by atoms with Crippen LogP contribution >= 0.6 is 11.6 Å².